The van der Waals surface area contributed by atoms with Crippen LogP contribution in [0.15, 0.2) is 18.2 Å². The Labute approximate surface area is 101 Å². The Morgan fingerprint density at radius 3 is 3.00 bits per heavy atom. The molecule has 0 heterocycles. The number of nitrogens with one attached hydrogen (secondary N) is 1. The van der Waals surface area contributed by atoms with E-state index in [2.05, 4.69) is 17.2 Å². The molecule has 90 valence electrons. The molecule has 1 aromatic rings. The second kappa shape index (κ2) is 5.70. The summed E-state index contributed by atoms with van der Waals surface area (Å²) in [5.41, 5.74) is 0.856. The van der Waals surface area contributed by atoms with E-state index in [1.165, 1.54) is 25.0 Å². The van der Waals surface area contributed by atoms with Gasteiger partial charge in [-0.2, -0.15) is 0 Å². The van der Waals surface area contributed by atoms with E-state index in [0.29, 0.717) is 24.9 Å². The van der Waals surface area contributed by atoms with Gasteiger partial charge in [0.05, 0.1) is 0 Å². The molecule has 0 spiro atoms. The summed E-state index contributed by atoms with van der Waals surface area (Å²) in [6, 6.07) is 5.19. The fraction of sp³-hybridized carbons (Fsp3) is 0.429. The van der Waals surface area contributed by atoms with E-state index < -0.39 is 0 Å². The van der Waals surface area contributed by atoms with Gasteiger partial charge in [0, 0.05) is 18.2 Å². The molecule has 1 fully saturated rings. The van der Waals surface area contributed by atoms with Gasteiger partial charge in [0.25, 0.3) is 0 Å². The minimum Gasteiger partial charge on any atom is -0.481 e. The molecule has 0 atom stereocenters. The van der Waals surface area contributed by atoms with Crippen molar-refractivity contribution in [3.05, 3.63) is 29.6 Å². The van der Waals surface area contributed by atoms with Crippen molar-refractivity contribution < 1.29 is 9.13 Å². The van der Waals surface area contributed by atoms with Crippen molar-refractivity contribution >= 4 is 0 Å². The number of halogens is 1. The molecule has 3 heteroatoms. The molecule has 0 aromatic heterocycles. The average Bonchev–Trinajstić information content (AvgIpc) is 3.13. The van der Waals surface area contributed by atoms with Crippen molar-refractivity contribution in [1.29, 1.82) is 0 Å². The standard InChI is InChI=1S/C14H16FNO/c1-2-3-8-17-14-7-4-12(15)9-11(14)10-16-13-5-6-13/h4,7,9,13,16H,5-6,8,10H2,1H3. The normalized spacial score (nSPS) is 14.0. The minimum absolute atomic E-state index is 0.230. The summed E-state index contributed by atoms with van der Waals surface area (Å²) in [4.78, 5) is 0. The molecule has 0 unspecified atom stereocenters. The minimum atomic E-state index is -0.230. The Bertz CT molecular complexity index is 443. The van der Waals surface area contributed by atoms with Crippen molar-refractivity contribution in [2.45, 2.75) is 32.4 Å². The lowest BCUT2D eigenvalue weighted by Gasteiger charge is -2.10. The maximum absolute atomic E-state index is 13.2. The van der Waals surface area contributed by atoms with E-state index in [-0.39, 0.29) is 5.82 Å². The van der Waals surface area contributed by atoms with Crippen LogP contribution in [0.1, 0.15) is 25.3 Å². The van der Waals surface area contributed by atoms with Crippen LogP contribution in [0, 0.1) is 17.7 Å². The summed E-state index contributed by atoms with van der Waals surface area (Å²) in [7, 11) is 0. The van der Waals surface area contributed by atoms with Crippen LogP contribution in [-0.2, 0) is 6.54 Å². The number of rotatable bonds is 5. The molecule has 17 heavy (non-hydrogen) atoms. The zero-order chi connectivity index (χ0) is 12.1. The Balaban J connectivity index is 2.01. The Hall–Kier alpha value is -1.53. The van der Waals surface area contributed by atoms with Gasteiger partial charge in [-0.05, 0) is 38.0 Å². The largest absolute Gasteiger partial charge is 0.481 e. The van der Waals surface area contributed by atoms with Crippen molar-refractivity contribution in [2.24, 2.45) is 0 Å². The third-order valence-electron chi connectivity index (χ3n) is 2.66. The van der Waals surface area contributed by atoms with Gasteiger partial charge < -0.3 is 10.1 Å². The Morgan fingerprint density at radius 1 is 1.47 bits per heavy atom. The van der Waals surface area contributed by atoms with E-state index in [1.807, 2.05) is 0 Å². The topological polar surface area (TPSA) is 21.3 Å². The highest BCUT2D eigenvalue weighted by molar-refractivity contribution is 5.34. The molecule has 0 bridgehead atoms. The number of benzene rings is 1. The van der Waals surface area contributed by atoms with E-state index in [0.717, 1.165) is 5.56 Å². The van der Waals surface area contributed by atoms with Crippen LogP contribution in [0.3, 0.4) is 0 Å². The molecule has 2 nitrogen and oxygen atoms in total. The fourth-order valence-electron chi connectivity index (χ4n) is 1.55. The number of hydrogen-bond acceptors (Lipinski definition) is 2. The maximum Gasteiger partial charge on any atom is 0.149 e. The molecular formula is C14H16FNO. The second-order valence-corrected chi connectivity index (χ2v) is 4.12. The summed E-state index contributed by atoms with van der Waals surface area (Å²) in [5, 5.41) is 3.35. The highest BCUT2D eigenvalue weighted by Gasteiger charge is 2.20. The van der Waals surface area contributed by atoms with Crippen LogP contribution in [0.5, 0.6) is 5.75 Å². The smallest absolute Gasteiger partial charge is 0.149 e. The first-order valence-electron chi connectivity index (χ1n) is 5.84. The van der Waals surface area contributed by atoms with Crippen molar-refractivity contribution in [1.82, 2.24) is 5.32 Å². The first-order chi connectivity index (χ1) is 8.29. The Kier molecular flexibility index (Phi) is 4.00. The van der Waals surface area contributed by atoms with Gasteiger partial charge in [-0.3, -0.25) is 0 Å². The van der Waals surface area contributed by atoms with E-state index >= 15 is 0 Å². The van der Waals surface area contributed by atoms with Crippen LogP contribution >= 0.6 is 0 Å². The van der Waals surface area contributed by atoms with Crippen LogP contribution in [0.25, 0.3) is 0 Å². The first-order valence-corrected chi connectivity index (χ1v) is 5.84. The zero-order valence-corrected chi connectivity index (χ0v) is 9.92. The Morgan fingerprint density at radius 2 is 2.29 bits per heavy atom. The molecule has 2 rings (SSSR count). The molecule has 1 saturated carbocycles. The zero-order valence-electron chi connectivity index (χ0n) is 9.92. The second-order valence-electron chi connectivity index (χ2n) is 4.12. The predicted molar refractivity (Wildman–Crippen MR) is 65.2 cm³/mol. The van der Waals surface area contributed by atoms with Gasteiger partial charge in [0.2, 0.25) is 0 Å². The lowest BCUT2D eigenvalue weighted by molar-refractivity contribution is 0.363. The molecule has 0 radical (unpaired) electrons. The predicted octanol–water partition coefficient (Wildman–Crippen LogP) is 2.48. The van der Waals surface area contributed by atoms with E-state index in [4.69, 9.17) is 4.74 Å². The lowest BCUT2D eigenvalue weighted by atomic mass is 10.2. The van der Waals surface area contributed by atoms with Crippen molar-refractivity contribution in [3.63, 3.8) is 0 Å². The third-order valence-corrected chi connectivity index (χ3v) is 2.66. The molecule has 1 N–H and O–H groups in total. The lowest BCUT2D eigenvalue weighted by Crippen LogP contribution is -2.16. The van der Waals surface area contributed by atoms with Gasteiger partial charge in [-0.15, -0.1) is 5.92 Å². The van der Waals surface area contributed by atoms with Gasteiger partial charge in [-0.25, -0.2) is 4.39 Å². The van der Waals surface area contributed by atoms with Gasteiger partial charge in [0.15, 0.2) is 0 Å². The van der Waals surface area contributed by atoms with Crippen LogP contribution in [-0.4, -0.2) is 12.6 Å². The molecule has 0 amide bonds. The summed E-state index contributed by atoms with van der Waals surface area (Å²) in [5.74, 6) is 6.07. The summed E-state index contributed by atoms with van der Waals surface area (Å²) in [6.45, 7) is 2.76. The third kappa shape index (κ3) is 3.76. The maximum atomic E-state index is 13.2. The fourth-order valence-corrected chi connectivity index (χ4v) is 1.55. The summed E-state index contributed by atoms with van der Waals surface area (Å²) < 4.78 is 18.7. The molecule has 0 aliphatic heterocycles. The van der Waals surface area contributed by atoms with Gasteiger partial charge in [-0.1, -0.05) is 5.92 Å². The van der Waals surface area contributed by atoms with E-state index in [1.54, 1.807) is 13.0 Å². The first kappa shape index (κ1) is 11.9. The van der Waals surface area contributed by atoms with E-state index in [9.17, 15) is 4.39 Å². The molecule has 1 aromatic carbocycles. The summed E-state index contributed by atoms with van der Waals surface area (Å²) in [6.07, 6.45) is 2.43. The highest BCUT2D eigenvalue weighted by Crippen LogP contribution is 2.23. The highest BCUT2D eigenvalue weighted by atomic mass is 19.1. The molecule has 0 saturated heterocycles. The van der Waals surface area contributed by atoms with Crippen LogP contribution < -0.4 is 10.1 Å². The van der Waals surface area contributed by atoms with Crippen molar-refractivity contribution in [2.75, 3.05) is 6.61 Å². The average molecular weight is 233 g/mol. The molecule has 1 aliphatic rings. The summed E-state index contributed by atoms with van der Waals surface area (Å²) >= 11 is 0. The molecule has 1 aliphatic carbocycles. The van der Waals surface area contributed by atoms with Crippen LogP contribution in [0.4, 0.5) is 4.39 Å². The van der Waals surface area contributed by atoms with Gasteiger partial charge >= 0.3 is 0 Å². The van der Waals surface area contributed by atoms with Gasteiger partial charge in [0.1, 0.15) is 18.2 Å². The number of hydrogen-bond donors (Lipinski definition) is 1. The van der Waals surface area contributed by atoms with Crippen molar-refractivity contribution in [3.8, 4) is 17.6 Å². The number of ether oxygens (including phenoxy) is 1. The van der Waals surface area contributed by atoms with Crippen LogP contribution in [0.2, 0.25) is 0 Å². The molecular weight excluding hydrogens is 217 g/mol. The quantitative estimate of drug-likeness (QED) is 0.789. The SMILES string of the molecule is CC#CCOc1ccc(F)cc1CNC1CC1. The monoisotopic (exact) mass is 233 g/mol.